The minimum absolute atomic E-state index is 0.255. The maximum Gasteiger partial charge on any atom is 0.156 e. The first-order valence-corrected chi connectivity index (χ1v) is 7.34. The molecule has 0 saturated carbocycles. The molecule has 0 radical (unpaired) electrons. The zero-order valence-corrected chi connectivity index (χ0v) is 11.5. The highest BCUT2D eigenvalue weighted by atomic mass is 16.5. The standard InChI is InChI=1S/C20H14O/c1-2-5-15-14(4-1)6-7-17-16(15)8-9-19-18(17)10-12-20(19)11-3-13-21-20/h1-10,12-13H,11H2. The largest absolute Gasteiger partial charge is 0.486 e. The summed E-state index contributed by atoms with van der Waals surface area (Å²) in [6.07, 6.45) is 9.27. The van der Waals surface area contributed by atoms with E-state index in [1.54, 1.807) is 0 Å². The van der Waals surface area contributed by atoms with Crippen molar-refractivity contribution in [1.82, 2.24) is 0 Å². The zero-order valence-electron chi connectivity index (χ0n) is 11.5. The summed E-state index contributed by atoms with van der Waals surface area (Å²) in [7, 11) is 0. The van der Waals surface area contributed by atoms with Crippen LogP contribution in [0.4, 0.5) is 0 Å². The predicted molar refractivity (Wildman–Crippen MR) is 87.0 cm³/mol. The van der Waals surface area contributed by atoms with Gasteiger partial charge in [-0.25, -0.2) is 0 Å². The second kappa shape index (κ2) is 3.76. The first-order valence-electron chi connectivity index (χ1n) is 7.34. The molecule has 21 heavy (non-hydrogen) atoms. The second-order valence-corrected chi connectivity index (χ2v) is 5.83. The average Bonchev–Trinajstić information content (AvgIpc) is 3.16. The van der Waals surface area contributed by atoms with E-state index in [1.165, 1.54) is 32.7 Å². The summed E-state index contributed by atoms with van der Waals surface area (Å²) in [5.74, 6) is 0. The first kappa shape index (κ1) is 11.2. The third-order valence-electron chi connectivity index (χ3n) is 4.74. The Morgan fingerprint density at radius 3 is 2.67 bits per heavy atom. The quantitative estimate of drug-likeness (QED) is 0.513. The van der Waals surface area contributed by atoms with Gasteiger partial charge in [-0.15, -0.1) is 0 Å². The van der Waals surface area contributed by atoms with Crippen LogP contribution in [0.25, 0.3) is 27.6 Å². The van der Waals surface area contributed by atoms with E-state index >= 15 is 0 Å². The van der Waals surface area contributed by atoms with Crippen LogP contribution in [-0.2, 0) is 10.3 Å². The molecule has 1 atom stereocenters. The van der Waals surface area contributed by atoms with Gasteiger partial charge < -0.3 is 4.74 Å². The maximum atomic E-state index is 5.90. The van der Waals surface area contributed by atoms with Gasteiger partial charge in [-0.1, -0.05) is 54.6 Å². The van der Waals surface area contributed by atoms with Crippen molar-refractivity contribution in [2.45, 2.75) is 12.0 Å². The Hall–Kier alpha value is -2.54. The van der Waals surface area contributed by atoms with Crippen LogP contribution >= 0.6 is 0 Å². The van der Waals surface area contributed by atoms with Gasteiger partial charge in [0.25, 0.3) is 0 Å². The molecule has 3 aromatic rings. The third kappa shape index (κ3) is 1.36. The maximum absolute atomic E-state index is 5.90. The van der Waals surface area contributed by atoms with Crippen molar-refractivity contribution < 1.29 is 4.74 Å². The highest BCUT2D eigenvalue weighted by molar-refractivity contribution is 6.10. The second-order valence-electron chi connectivity index (χ2n) is 5.83. The van der Waals surface area contributed by atoms with E-state index in [0.717, 1.165) is 6.42 Å². The van der Waals surface area contributed by atoms with E-state index in [9.17, 15) is 0 Å². The SMILES string of the molecule is C1=COC2(C=Cc3c2ccc2c3ccc3ccccc32)C1. The lowest BCUT2D eigenvalue weighted by Gasteiger charge is -2.23. The van der Waals surface area contributed by atoms with Crippen LogP contribution in [-0.4, -0.2) is 0 Å². The van der Waals surface area contributed by atoms with Crippen molar-refractivity contribution in [1.29, 1.82) is 0 Å². The van der Waals surface area contributed by atoms with E-state index < -0.39 is 0 Å². The smallest absolute Gasteiger partial charge is 0.156 e. The minimum Gasteiger partial charge on any atom is -0.486 e. The number of hydrogen-bond acceptors (Lipinski definition) is 1. The van der Waals surface area contributed by atoms with E-state index in [0.29, 0.717) is 0 Å². The summed E-state index contributed by atoms with van der Waals surface area (Å²) >= 11 is 0. The summed E-state index contributed by atoms with van der Waals surface area (Å²) < 4.78 is 5.90. The average molecular weight is 270 g/mol. The Labute approximate surface area is 123 Å². The molecule has 0 amide bonds. The first-order chi connectivity index (χ1) is 10.4. The van der Waals surface area contributed by atoms with Crippen LogP contribution in [0.15, 0.2) is 66.9 Å². The van der Waals surface area contributed by atoms with Crippen molar-refractivity contribution in [3.63, 3.8) is 0 Å². The zero-order chi connectivity index (χ0) is 13.9. The number of hydrogen-bond donors (Lipinski definition) is 0. The molecule has 1 heteroatoms. The van der Waals surface area contributed by atoms with Gasteiger partial charge in [-0.2, -0.15) is 0 Å². The summed E-state index contributed by atoms with van der Waals surface area (Å²) in [5, 5.41) is 5.24. The van der Waals surface area contributed by atoms with Crippen LogP contribution in [0.2, 0.25) is 0 Å². The van der Waals surface area contributed by atoms with Gasteiger partial charge in [-0.05, 0) is 39.3 Å². The van der Waals surface area contributed by atoms with Gasteiger partial charge in [0.1, 0.15) is 0 Å². The molecule has 1 nitrogen and oxygen atoms in total. The van der Waals surface area contributed by atoms with Crippen molar-refractivity contribution in [2.75, 3.05) is 0 Å². The Morgan fingerprint density at radius 2 is 1.76 bits per heavy atom. The monoisotopic (exact) mass is 270 g/mol. The molecule has 0 saturated heterocycles. The van der Waals surface area contributed by atoms with Gasteiger partial charge in [0, 0.05) is 12.0 Å². The van der Waals surface area contributed by atoms with E-state index in [-0.39, 0.29) is 5.60 Å². The summed E-state index contributed by atoms with van der Waals surface area (Å²) in [6, 6.07) is 17.5. The molecule has 1 aliphatic carbocycles. The predicted octanol–water partition coefficient (Wildman–Crippen LogP) is 5.15. The molecule has 1 spiro atoms. The normalized spacial score (nSPS) is 22.3. The van der Waals surface area contributed by atoms with E-state index in [1.807, 2.05) is 6.26 Å². The molecule has 3 aromatic carbocycles. The summed E-state index contributed by atoms with van der Waals surface area (Å²) in [5.41, 5.74) is 2.34. The van der Waals surface area contributed by atoms with Gasteiger partial charge in [-0.3, -0.25) is 0 Å². The molecular formula is C20H14O. The molecule has 1 heterocycles. The number of benzene rings is 3. The fraction of sp³-hybridized carbons (Fsp3) is 0.100. The molecule has 0 aromatic heterocycles. The Balaban J connectivity index is 1.87. The molecule has 0 bridgehead atoms. The van der Waals surface area contributed by atoms with E-state index in [2.05, 4.69) is 66.8 Å². The molecule has 0 N–H and O–H groups in total. The summed E-state index contributed by atoms with van der Waals surface area (Å²) in [4.78, 5) is 0. The van der Waals surface area contributed by atoms with Crippen molar-refractivity contribution >= 4 is 27.6 Å². The van der Waals surface area contributed by atoms with Crippen LogP contribution in [0.5, 0.6) is 0 Å². The highest BCUT2D eigenvalue weighted by Crippen LogP contribution is 2.46. The molecular weight excluding hydrogens is 256 g/mol. The van der Waals surface area contributed by atoms with Gasteiger partial charge in [0.05, 0.1) is 6.26 Å². The molecule has 2 aliphatic rings. The number of rotatable bonds is 0. The molecule has 0 fully saturated rings. The molecule has 5 rings (SSSR count). The number of fused-ring (bicyclic) bond motifs is 6. The highest BCUT2D eigenvalue weighted by Gasteiger charge is 2.38. The Kier molecular flexibility index (Phi) is 2.00. The van der Waals surface area contributed by atoms with Crippen molar-refractivity contribution in [3.8, 4) is 0 Å². The van der Waals surface area contributed by atoms with Crippen molar-refractivity contribution in [3.05, 3.63) is 78.1 Å². The van der Waals surface area contributed by atoms with Crippen LogP contribution < -0.4 is 0 Å². The Bertz CT molecular complexity index is 939. The molecule has 1 aliphatic heterocycles. The number of ether oxygens (including phenoxy) is 1. The van der Waals surface area contributed by atoms with Crippen LogP contribution in [0.1, 0.15) is 17.5 Å². The van der Waals surface area contributed by atoms with Gasteiger partial charge >= 0.3 is 0 Å². The van der Waals surface area contributed by atoms with Crippen LogP contribution in [0, 0.1) is 0 Å². The topological polar surface area (TPSA) is 9.23 Å². The van der Waals surface area contributed by atoms with Gasteiger partial charge in [0.2, 0.25) is 0 Å². The van der Waals surface area contributed by atoms with E-state index in [4.69, 9.17) is 4.74 Å². The molecule has 1 unspecified atom stereocenters. The van der Waals surface area contributed by atoms with Gasteiger partial charge in [0.15, 0.2) is 5.60 Å². The lowest BCUT2D eigenvalue weighted by molar-refractivity contribution is 0.0947. The minimum atomic E-state index is -0.255. The van der Waals surface area contributed by atoms with Crippen molar-refractivity contribution in [2.24, 2.45) is 0 Å². The Morgan fingerprint density at radius 1 is 0.857 bits per heavy atom. The van der Waals surface area contributed by atoms with Crippen LogP contribution in [0.3, 0.4) is 0 Å². The lowest BCUT2D eigenvalue weighted by Crippen LogP contribution is -2.19. The fourth-order valence-electron chi connectivity index (χ4n) is 3.69. The summed E-state index contributed by atoms with van der Waals surface area (Å²) in [6.45, 7) is 0. The lowest BCUT2D eigenvalue weighted by atomic mass is 9.89. The fourth-order valence-corrected chi connectivity index (χ4v) is 3.69. The third-order valence-corrected chi connectivity index (χ3v) is 4.74. The molecule has 100 valence electrons.